The molecule has 0 N–H and O–H groups in total. The number of amides is 2. The fraction of sp³-hybridized carbons (Fsp3) is 0.619. The first-order chi connectivity index (χ1) is 14.8. The maximum absolute atomic E-state index is 13.1. The number of sulfonamides is 1. The van der Waals surface area contributed by atoms with Gasteiger partial charge in [0.05, 0.1) is 4.90 Å². The molecule has 10 heteroatoms. The maximum Gasteiger partial charge on any atom is 0.245 e. The Bertz CT molecular complexity index is 956. The maximum atomic E-state index is 13.1. The predicted octanol–water partition coefficient (Wildman–Crippen LogP) is 0.938. The Balaban J connectivity index is 1.41. The third-order valence-corrected chi connectivity index (χ3v) is 7.91. The van der Waals surface area contributed by atoms with Gasteiger partial charge in [0.15, 0.2) is 11.5 Å². The lowest BCUT2D eigenvalue weighted by Gasteiger charge is -2.37. The molecular weight excluding hydrogens is 422 g/mol. The van der Waals surface area contributed by atoms with Crippen LogP contribution in [0, 0.1) is 5.92 Å². The summed E-state index contributed by atoms with van der Waals surface area (Å²) in [6.07, 6.45) is 1.47. The van der Waals surface area contributed by atoms with E-state index in [4.69, 9.17) is 9.47 Å². The molecule has 0 saturated carbocycles. The van der Waals surface area contributed by atoms with Gasteiger partial charge in [-0.2, -0.15) is 4.31 Å². The molecule has 0 spiro atoms. The third-order valence-electron chi connectivity index (χ3n) is 6.02. The second-order valence-electron chi connectivity index (χ2n) is 8.38. The molecule has 2 fully saturated rings. The molecular formula is C21H29N3O6S. The van der Waals surface area contributed by atoms with Crippen molar-refractivity contribution in [3.8, 4) is 11.5 Å². The molecule has 9 nitrogen and oxygen atoms in total. The summed E-state index contributed by atoms with van der Waals surface area (Å²) in [7, 11) is -3.70. The molecule has 0 bridgehead atoms. The van der Waals surface area contributed by atoms with Crippen molar-refractivity contribution in [2.75, 3.05) is 45.9 Å². The van der Waals surface area contributed by atoms with Crippen LogP contribution < -0.4 is 9.47 Å². The summed E-state index contributed by atoms with van der Waals surface area (Å²) in [5, 5.41) is 0. The molecule has 3 heterocycles. The van der Waals surface area contributed by atoms with Crippen LogP contribution in [0.15, 0.2) is 23.1 Å². The number of hydrogen-bond donors (Lipinski definition) is 0. The van der Waals surface area contributed by atoms with Gasteiger partial charge >= 0.3 is 0 Å². The van der Waals surface area contributed by atoms with E-state index in [2.05, 4.69) is 0 Å². The van der Waals surface area contributed by atoms with Crippen molar-refractivity contribution >= 4 is 21.8 Å². The first-order valence-electron chi connectivity index (χ1n) is 10.8. The van der Waals surface area contributed by atoms with E-state index >= 15 is 0 Å². The molecule has 0 radical (unpaired) electrons. The van der Waals surface area contributed by atoms with Gasteiger partial charge in [0.1, 0.15) is 19.3 Å². The summed E-state index contributed by atoms with van der Waals surface area (Å²) in [4.78, 5) is 29.0. The second-order valence-corrected chi connectivity index (χ2v) is 10.3. The van der Waals surface area contributed by atoms with Crippen LogP contribution in [0.1, 0.15) is 26.7 Å². The molecule has 1 aromatic rings. The van der Waals surface area contributed by atoms with Gasteiger partial charge in [-0.15, -0.1) is 0 Å². The topological polar surface area (TPSA) is 96.5 Å². The van der Waals surface area contributed by atoms with Crippen LogP contribution in [0.4, 0.5) is 0 Å². The van der Waals surface area contributed by atoms with Gasteiger partial charge in [-0.25, -0.2) is 8.42 Å². The number of likely N-dealkylation sites (tertiary alicyclic amines) is 1. The monoisotopic (exact) mass is 451 g/mol. The van der Waals surface area contributed by atoms with E-state index in [1.807, 2.05) is 13.8 Å². The second kappa shape index (κ2) is 8.66. The van der Waals surface area contributed by atoms with Gasteiger partial charge in [-0.1, -0.05) is 13.8 Å². The largest absolute Gasteiger partial charge is 0.486 e. The summed E-state index contributed by atoms with van der Waals surface area (Å²) in [6, 6.07) is 4.20. The Morgan fingerprint density at radius 3 is 2.35 bits per heavy atom. The number of carbonyl (C=O) groups excluding carboxylic acids is 2. The molecule has 2 saturated heterocycles. The van der Waals surface area contributed by atoms with Crippen LogP contribution in [0.25, 0.3) is 0 Å². The normalized spacial score (nSPS) is 22.1. The van der Waals surface area contributed by atoms with Crippen molar-refractivity contribution in [1.82, 2.24) is 14.1 Å². The van der Waals surface area contributed by atoms with Crippen molar-refractivity contribution in [1.29, 1.82) is 0 Å². The zero-order chi connectivity index (χ0) is 22.2. The van der Waals surface area contributed by atoms with Crippen LogP contribution in [0.3, 0.4) is 0 Å². The van der Waals surface area contributed by atoms with Gasteiger partial charge in [0.25, 0.3) is 0 Å². The van der Waals surface area contributed by atoms with Crippen LogP contribution in [-0.4, -0.2) is 86.3 Å². The Kier molecular flexibility index (Phi) is 6.11. The minimum absolute atomic E-state index is 0.00401. The number of benzene rings is 1. The van der Waals surface area contributed by atoms with Crippen molar-refractivity contribution < 1.29 is 27.5 Å². The molecule has 1 aromatic carbocycles. The van der Waals surface area contributed by atoms with E-state index in [0.717, 1.165) is 6.42 Å². The quantitative estimate of drug-likeness (QED) is 0.676. The Hall–Kier alpha value is -2.33. The molecule has 0 aromatic heterocycles. The number of piperazine rings is 1. The van der Waals surface area contributed by atoms with Crippen LogP contribution in [0.2, 0.25) is 0 Å². The standard InChI is InChI=1S/C21H29N3O6S/c1-15(2)20(25)24-7-3-4-17(24)21(26)22-8-10-23(11-9-22)31(27,28)16-5-6-18-19(14-16)30-13-12-29-18/h5-6,14-15,17H,3-4,7-13H2,1-2H3. The molecule has 31 heavy (non-hydrogen) atoms. The molecule has 4 rings (SSSR count). The molecule has 1 atom stereocenters. The van der Waals surface area contributed by atoms with Gasteiger partial charge in [-0.05, 0) is 25.0 Å². The number of rotatable bonds is 4. The van der Waals surface area contributed by atoms with Crippen LogP contribution >= 0.6 is 0 Å². The SMILES string of the molecule is CC(C)C(=O)N1CCCC1C(=O)N1CCN(S(=O)(=O)c2ccc3c(c2)OCCO3)CC1. The number of carbonyl (C=O) groups is 2. The molecule has 1 unspecified atom stereocenters. The highest BCUT2D eigenvalue weighted by Crippen LogP contribution is 2.33. The Morgan fingerprint density at radius 2 is 1.68 bits per heavy atom. The summed E-state index contributed by atoms with van der Waals surface area (Å²) in [5.74, 6) is 0.731. The summed E-state index contributed by atoms with van der Waals surface area (Å²) in [6.45, 7) is 6.15. The molecule has 3 aliphatic rings. The van der Waals surface area contributed by atoms with Crippen molar-refractivity contribution in [2.24, 2.45) is 5.92 Å². The van der Waals surface area contributed by atoms with Crippen molar-refractivity contribution in [2.45, 2.75) is 37.6 Å². The van der Waals surface area contributed by atoms with Gasteiger partial charge in [0.2, 0.25) is 21.8 Å². The average Bonchev–Trinajstić information content (AvgIpc) is 3.27. The molecule has 0 aliphatic carbocycles. The number of nitrogens with zero attached hydrogens (tertiary/aromatic N) is 3. The summed E-state index contributed by atoms with van der Waals surface area (Å²) < 4.78 is 38.6. The fourth-order valence-electron chi connectivity index (χ4n) is 4.31. The van der Waals surface area contributed by atoms with Gasteiger partial charge in [0, 0.05) is 44.7 Å². The number of hydrogen-bond acceptors (Lipinski definition) is 6. The van der Waals surface area contributed by atoms with E-state index in [1.54, 1.807) is 15.9 Å². The van der Waals surface area contributed by atoms with Gasteiger partial charge < -0.3 is 19.3 Å². The van der Waals surface area contributed by atoms with E-state index < -0.39 is 16.1 Å². The zero-order valence-corrected chi connectivity index (χ0v) is 18.8. The lowest BCUT2D eigenvalue weighted by molar-refractivity contribution is -0.146. The molecule has 2 amide bonds. The van der Waals surface area contributed by atoms with E-state index in [9.17, 15) is 18.0 Å². The fourth-order valence-corrected chi connectivity index (χ4v) is 5.75. The van der Waals surface area contributed by atoms with Crippen molar-refractivity contribution in [3.63, 3.8) is 0 Å². The third kappa shape index (κ3) is 4.23. The highest BCUT2D eigenvalue weighted by molar-refractivity contribution is 7.89. The number of ether oxygens (including phenoxy) is 2. The zero-order valence-electron chi connectivity index (χ0n) is 18.0. The highest BCUT2D eigenvalue weighted by atomic mass is 32.2. The van der Waals surface area contributed by atoms with E-state index in [1.165, 1.54) is 16.4 Å². The lowest BCUT2D eigenvalue weighted by atomic mass is 10.1. The number of fused-ring (bicyclic) bond motifs is 1. The first kappa shape index (κ1) is 21.9. The predicted molar refractivity (Wildman–Crippen MR) is 112 cm³/mol. The molecule has 170 valence electrons. The minimum Gasteiger partial charge on any atom is -0.486 e. The first-order valence-corrected chi connectivity index (χ1v) is 12.2. The Morgan fingerprint density at radius 1 is 1.00 bits per heavy atom. The lowest BCUT2D eigenvalue weighted by Crippen LogP contribution is -2.55. The summed E-state index contributed by atoms with van der Waals surface area (Å²) >= 11 is 0. The molecule has 3 aliphatic heterocycles. The van der Waals surface area contributed by atoms with E-state index in [-0.39, 0.29) is 35.7 Å². The minimum atomic E-state index is -3.70. The van der Waals surface area contributed by atoms with Gasteiger partial charge in [-0.3, -0.25) is 9.59 Å². The van der Waals surface area contributed by atoms with E-state index in [0.29, 0.717) is 50.8 Å². The smallest absolute Gasteiger partial charge is 0.245 e. The van der Waals surface area contributed by atoms with Crippen LogP contribution in [0.5, 0.6) is 11.5 Å². The Labute approximate surface area is 182 Å². The average molecular weight is 452 g/mol. The highest BCUT2D eigenvalue weighted by Gasteiger charge is 2.39. The summed E-state index contributed by atoms with van der Waals surface area (Å²) in [5.41, 5.74) is 0. The van der Waals surface area contributed by atoms with Crippen molar-refractivity contribution in [3.05, 3.63) is 18.2 Å². The van der Waals surface area contributed by atoms with Crippen LogP contribution in [-0.2, 0) is 19.6 Å².